The van der Waals surface area contributed by atoms with Gasteiger partial charge in [-0.1, -0.05) is 17.7 Å². The van der Waals surface area contributed by atoms with Crippen LogP contribution in [0.4, 0.5) is 0 Å². The Labute approximate surface area is 124 Å². The van der Waals surface area contributed by atoms with Gasteiger partial charge in [0.05, 0.1) is 0 Å². The maximum absolute atomic E-state index is 12.3. The van der Waals surface area contributed by atoms with Crippen molar-refractivity contribution >= 4 is 38.1 Å². The van der Waals surface area contributed by atoms with Crippen LogP contribution in [0.5, 0.6) is 0 Å². The lowest BCUT2D eigenvalue weighted by Crippen LogP contribution is -2.33. The SMILES string of the molecule is CC(CNS(=O)(=O)c1c(Cl)nc2ccccn12)S(C)=O. The third kappa shape index (κ3) is 3.03. The van der Waals surface area contributed by atoms with Gasteiger partial charge in [-0.15, -0.1) is 0 Å². The number of imidazole rings is 1. The lowest BCUT2D eigenvalue weighted by molar-refractivity contribution is 0.576. The smallest absolute Gasteiger partial charge is 0.259 e. The fraction of sp³-hybridized carbons (Fsp3) is 0.364. The molecule has 1 N–H and O–H groups in total. The van der Waals surface area contributed by atoms with Crippen LogP contribution in [0.15, 0.2) is 29.4 Å². The lowest BCUT2D eigenvalue weighted by atomic mass is 10.5. The molecule has 0 aliphatic heterocycles. The van der Waals surface area contributed by atoms with Crippen LogP contribution in [0.25, 0.3) is 5.65 Å². The normalized spacial score (nSPS) is 15.3. The number of sulfonamides is 1. The van der Waals surface area contributed by atoms with Gasteiger partial charge in [0, 0.05) is 35.0 Å². The molecule has 0 aliphatic rings. The van der Waals surface area contributed by atoms with Crippen molar-refractivity contribution in [3.63, 3.8) is 0 Å². The van der Waals surface area contributed by atoms with Gasteiger partial charge in [0.1, 0.15) is 5.65 Å². The van der Waals surface area contributed by atoms with Crippen molar-refractivity contribution in [1.82, 2.24) is 14.1 Å². The van der Waals surface area contributed by atoms with E-state index in [0.29, 0.717) is 5.65 Å². The predicted molar refractivity (Wildman–Crippen MR) is 78.9 cm³/mol. The number of nitrogens with zero attached hydrogens (tertiary/aromatic N) is 2. The summed E-state index contributed by atoms with van der Waals surface area (Å²) in [5.41, 5.74) is 0.449. The molecule has 110 valence electrons. The molecule has 0 saturated carbocycles. The van der Waals surface area contributed by atoms with Gasteiger partial charge in [0.2, 0.25) is 0 Å². The first kappa shape index (κ1) is 15.4. The van der Waals surface area contributed by atoms with Crippen molar-refractivity contribution < 1.29 is 12.6 Å². The van der Waals surface area contributed by atoms with Gasteiger partial charge in [-0.05, 0) is 19.1 Å². The summed E-state index contributed by atoms with van der Waals surface area (Å²) in [6, 6.07) is 5.09. The predicted octanol–water partition coefficient (Wildman–Crippen LogP) is 1.03. The third-order valence-electron chi connectivity index (χ3n) is 2.83. The first-order valence-corrected chi connectivity index (χ1v) is 9.25. The van der Waals surface area contributed by atoms with Gasteiger partial charge in [0.25, 0.3) is 10.0 Å². The van der Waals surface area contributed by atoms with E-state index in [-0.39, 0.29) is 22.0 Å². The number of hydrogen-bond acceptors (Lipinski definition) is 4. The third-order valence-corrected chi connectivity index (χ3v) is 5.95. The van der Waals surface area contributed by atoms with Crippen molar-refractivity contribution in [2.45, 2.75) is 17.2 Å². The molecule has 2 unspecified atom stereocenters. The number of fused-ring (bicyclic) bond motifs is 1. The Morgan fingerprint density at radius 3 is 2.85 bits per heavy atom. The minimum Gasteiger partial charge on any atom is -0.288 e. The van der Waals surface area contributed by atoms with Gasteiger partial charge < -0.3 is 0 Å². The van der Waals surface area contributed by atoms with Crippen LogP contribution < -0.4 is 4.72 Å². The van der Waals surface area contributed by atoms with E-state index in [2.05, 4.69) is 9.71 Å². The molecule has 0 fully saturated rings. The molecule has 0 aromatic carbocycles. The average molecular weight is 336 g/mol. The molecule has 20 heavy (non-hydrogen) atoms. The van der Waals surface area contributed by atoms with E-state index in [4.69, 9.17) is 11.6 Å². The Bertz CT molecular complexity index is 757. The molecule has 0 radical (unpaired) electrons. The van der Waals surface area contributed by atoms with E-state index in [1.165, 1.54) is 10.7 Å². The van der Waals surface area contributed by atoms with Gasteiger partial charge in [-0.25, -0.2) is 18.1 Å². The average Bonchev–Trinajstić information content (AvgIpc) is 2.72. The minimum absolute atomic E-state index is 0.0713. The topological polar surface area (TPSA) is 80.5 Å². The highest BCUT2D eigenvalue weighted by molar-refractivity contribution is 7.89. The van der Waals surface area contributed by atoms with E-state index in [1.807, 2.05) is 0 Å². The van der Waals surface area contributed by atoms with E-state index in [9.17, 15) is 12.6 Å². The molecule has 0 aliphatic carbocycles. The molecule has 6 nitrogen and oxygen atoms in total. The summed E-state index contributed by atoms with van der Waals surface area (Å²) < 4.78 is 39.7. The van der Waals surface area contributed by atoms with Crippen LogP contribution >= 0.6 is 11.6 Å². The Hall–Kier alpha value is -0.960. The summed E-state index contributed by atoms with van der Waals surface area (Å²) in [5.74, 6) is 0. The molecule has 0 amide bonds. The van der Waals surface area contributed by atoms with Crippen LogP contribution in [-0.2, 0) is 20.8 Å². The largest absolute Gasteiger partial charge is 0.288 e. The highest BCUT2D eigenvalue weighted by Crippen LogP contribution is 2.22. The van der Waals surface area contributed by atoms with Crippen molar-refractivity contribution in [2.75, 3.05) is 12.8 Å². The highest BCUT2D eigenvalue weighted by atomic mass is 35.5. The number of pyridine rings is 1. The summed E-state index contributed by atoms with van der Waals surface area (Å²) in [6.45, 7) is 1.77. The van der Waals surface area contributed by atoms with Gasteiger partial charge >= 0.3 is 0 Å². The van der Waals surface area contributed by atoms with E-state index in [0.717, 1.165) is 0 Å². The summed E-state index contributed by atoms with van der Waals surface area (Å²) in [4.78, 5) is 3.99. The van der Waals surface area contributed by atoms with Crippen molar-refractivity contribution in [1.29, 1.82) is 0 Å². The lowest BCUT2D eigenvalue weighted by Gasteiger charge is -2.10. The number of nitrogens with one attached hydrogen (secondary N) is 1. The Morgan fingerprint density at radius 1 is 1.50 bits per heavy atom. The quantitative estimate of drug-likeness (QED) is 0.885. The Morgan fingerprint density at radius 2 is 2.20 bits per heavy atom. The molecule has 2 aromatic heterocycles. The molecular formula is C11H14ClN3O3S2. The second-order valence-corrected chi connectivity index (χ2v) is 8.14. The molecule has 0 saturated heterocycles. The molecule has 2 atom stereocenters. The van der Waals surface area contributed by atoms with Gasteiger partial charge in [-0.3, -0.25) is 8.61 Å². The van der Waals surface area contributed by atoms with Crippen LogP contribution in [0.1, 0.15) is 6.92 Å². The molecule has 0 bridgehead atoms. The fourth-order valence-electron chi connectivity index (χ4n) is 1.60. The Balaban J connectivity index is 2.37. The summed E-state index contributed by atoms with van der Waals surface area (Å²) >= 11 is 5.92. The summed E-state index contributed by atoms with van der Waals surface area (Å²) in [6.07, 6.45) is 3.10. The summed E-state index contributed by atoms with van der Waals surface area (Å²) in [7, 11) is -4.93. The Kier molecular flexibility index (Phi) is 4.48. The molecule has 2 rings (SSSR count). The van der Waals surface area contributed by atoms with Crippen LogP contribution in [0.3, 0.4) is 0 Å². The van der Waals surface area contributed by atoms with Gasteiger partial charge in [-0.2, -0.15) is 0 Å². The van der Waals surface area contributed by atoms with E-state index in [1.54, 1.807) is 31.3 Å². The zero-order chi connectivity index (χ0) is 14.9. The molecular weight excluding hydrogens is 322 g/mol. The first-order valence-electron chi connectivity index (χ1n) is 5.77. The number of hydrogen-bond donors (Lipinski definition) is 1. The monoisotopic (exact) mass is 335 g/mol. The number of halogens is 1. The zero-order valence-electron chi connectivity index (χ0n) is 10.9. The van der Waals surface area contributed by atoms with Crippen LogP contribution in [0.2, 0.25) is 5.15 Å². The zero-order valence-corrected chi connectivity index (χ0v) is 13.3. The second kappa shape index (κ2) is 5.80. The standard InChI is InChI=1S/C11H14ClN3O3S2/c1-8(19(2)16)7-13-20(17,18)11-10(12)14-9-5-3-4-6-15(9)11/h3-6,8,13H,7H2,1-2H3. The van der Waals surface area contributed by atoms with Crippen molar-refractivity contribution in [3.05, 3.63) is 29.5 Å². The molecule has 9 heteroatoms. The fourth-order valence-corrected chi connectivity index (χ4v) is 3.79. The van der Waals surface area contributed by atoms with E-state index < -0.39 is 20.8 Å². The summed E-state index contributed by atoms with van der Waals surface area (Å²) in [5, 5.41) is -0.486. The molecule has 2 aromatic rings. The minimum atomic E-state index is -3.82. The maximum Gasteiger partial charge on any atom is 0.259 e. The first-order chi connectivity index (χ1) is 9.33. The van der Waals surface area contributed by atoms with Crippen molar-refractivity contribution in [2.24, 2.45) is 0 Å². The molecule has 0 spiro atoms. The van der Waals surface area contributed by atoms with Crippen LogP contribution in [0, 0.1) is 0 Å². The van der Waals surface area contributed by atoms with Crippen molar-refractivity contribution in [3.8, 4) is 0 Å². The highest BCUT2D eigenvalue weighted by Gasteiger charge is 2.24. The van der Waals surface area contributed by atoms with Crippen LogP contribution in [-0.4, -0.2) is 40.1 Å². The second-order valence-electron chi connectivity index (χ2n) is 4.30. The number of aromatic nitrogens is 2. The number of rotatable bonds is 5. The molecule has 2 heterocycles. The van der Waals surface area contributed by atoms with Gasteiger partial charge in [0.15, 0.2) is 10.2 Å². The maximum atomic E-state index is 12.3. The van der Waals surface area contributed by atoms with E-state index >= 15 is 0 Å².